The fraction of sp³-hybridized carbons (Fsp3) is 0.243. The Labute approximate surface area is 303 Å². The van der Waals surface area contributed by atoms with Gasteiger partial charge in [-0.15, -0.1) is 0 Å². The second-order valence-corrected chi connectivity index (χ2v) is 11.1. The van der Waals surface area contributed by atoms with Gasteiger partial charge in [0.1, 0.15) is 11.4 Å². The van der Waals surface area contributed by atoms with E-state index in [0.29, 0.717) is 17.8 Å². The van der Waals surface area contributed by atoms with Crippen molar-refractivity contribution in [2.45, 2.75) is 47.2 Å². The summed E-state index contributed by atoms with van der Waals surface area (Å²) in [7, 11) is 1.18. The molecule has 0 atom stereocenters. The van der Waals surface area contributed by atoms with E-state index >= 15 is 0 Å². The highest BCUT2D eigenvalue weighted by atomic mass is 16.5. The number of hydrogen-bond donors (Lipinski definition) is 2. The van der Waals surface area contributed by atoms with Gasteiger partial charge in [-0.25, -0.2) is 19.0 Å². The quantitative estimate of drug-likeness (QED) is 0.128. The molecule has 53 heavy (non-hydrogen) atoms. The molecule has 274 valence electrons. The number of nitrogens with zero attached hydrogens (tertiary/aromatic N) is 6. The molecule has 0 unspecified atom stereocenters. The molecular weight excluding hydrogens is 684 g/mol. The number of benzene rings is 1. The number of ketones is 2. The highest BCUT2D eigenvalue weighted by Crippen LogP contribution is 2.22. The second-order valence-electron chi connectivity index (χ2n) is 11.1. The summed E-state index contributed by atoms with van der Waals surface area (Å²) in [6, 6.07) is 16.3. The second kappa shape index (κ2) is 18.4. The number of pyridine rings is 2. The summed E-state index contributed by atoms with van der Waals surface area (Å²) in [5, 5.41) is 13.8. The Kier molecular flexibility index (Phi) is 13.5. The fourth-order valence-corrected chi connectivity index (χ4v) is 5.01. The lowest BCUT2D eigenvalue weighted by molar-refractivity contribution is 0.0495. The maximum absolute atomic E-state index is 12.8. The molecule has 5 aromatic rings. The van der Waals surface area contributed by atoms with Crippen LogP contribution in [-0.4, -0.2) is 66.8 Å². The van der Waals surface area contributed by atoms with Gasteiger partial charge in [-0.3, -0.25) is 29.1 Å². The molecule has 4 aromatic heterocycles. The van der Waals surface area contributed by atoms with E-state index in [1.165, 1.54) is 33.4 Å². The molecule has 16 heteroatoms. The molecule has 0 aliphatic heterocycles. The third kappa shape index (κ3) is 9.69. The zero-order valence-corrected chi connectivity index (χ0v) is 29.8. The number of esters is 2. The van der Waals surface area contributed by atoms with Crippen molar-refractivity contribution in [3.63, 3.8) is 0 Å². The first-order valence-electron chi connectivity index (χ1n) is 16.5. The average molecular weight is 723 g/mol. The molecule has 0 aliphatic carbocycles. The van der Waals surface area contributed by atoms with Gasteiger partial charge in [-0.2, -0.15) is 10.2 Å². The largest absolute Gasteiger partial charge is 0.464 e. The number of Topliss-reactive ketones (excluding diaryl/α,β-unsaturated/α-hetero) is 2. The van der Waals surface area contributed by atoms with E-state index in [0.717, 1.165) is 14.9 Å². The van der Waals surface area contributed by atoms with E-state index in [4.69, 9.17) is 4.74 Å². The summed E-state index contributed by atoms with van der Waals surface area (Å²) in [4.78, 5) is 82.3. The lowest BCUT2D eigenvalue weighted by atomic mass is 10.1. The van der Waals surface area contributed by atoms with E-state index in [1.54, 1.807) is 50.5 Å². The van der Waals surface area contributed by atoms with Crippen LogP contribution in [0.5, 0.6) is 0 Å². The smallest absolute Gasteiger partial charge is 0.359 e. The van der Waals surface area contributed by atoms with Crippen LogP contribution in [0.2, 0.25) is 0 Å². The van der Waals surface area contributed by atoms with Crippen LogP contribution in [-0.2, 0) is 29.0 Å². The SMILES string of the molecule is CCn1nc(C(=O)OC)c(C(C)=O)c(Nc2cccnc2)c1=O.CCn1nc(C(=O)OCCc2ccccc2)c(C(C)=O)c(Nc2cccnc2)c1=O. The van der Waals surface area contributed by atoms with Gasteiger partial charge in [0.25, 0.3) is 11.1 Å². The number of hydrogen-bond acceptors (Lipinski definition) is 14. The van der Waals surface area contributed by atoms with Crippen LogP contribution in [0.25, 0.3) is 0 Å². The number of anilines is 4. The molecule has 2 N–H and O–H groups in total. The third-order valence-electron chi connectivity index (χ3n) is 7.52. The molecule has 1 aromatic carbocycles. The number of rotatable bonds is 13. The van der Waals surface area contributed by atoms with E-state index in [2.05, 4.69) is 35.5 Å². The first kappa shape index (κ1) is 39.0. The lowest BCUT2D eigenvalue weighted by Gasteiger charge is -2.15. The predicted octanol–water partition coefficient (Wildman–Crippen LogP) is 4.39. The molecular formula is C37H38N8O8. The highest BCUT2D eigenvalue weighted by molar-refractivity contribution is 6.09. The Bertz CT molecular complexity index is 2210. The van der Waals surface area contributed by atoms with Crippen molar-refractivity contribution in [3.8, 4) is 0 Å². The van der Waals surface area contributed by atoms with Crippen molar-refractivity contribution in [1.29, 1.82) is 0 Å². The molecule has 4 heterocycles. The molecule has 0 saturated carbocycles. The summed E-state index contributed by atoms with van der Waals surface area (Å²) in [6.07, 6.45) is 6.70. The monoisotopic (exact) mass is 722 g/mol. The molecule has 0 fully saturated rings. The molecule has 16 nitrogen and oxygen atoms in total. The van der Waals surface area contributed by atoms with Crippen molar-refractivity contribution in [3.05, 3.63) is 128 Å². The van der Waals surface area contributed by atoms with Crippen LogP contribution in [0.3, 0.4) is 0 Å². The van der Waals surface area contributed by atoms with Crippen molar-refractivity contribution in [1.82, 2.24) is 29.5 Å². The summed E-state index contributed by atoms with van der Waals surface area (Å²) >= 11 is 0. The number of nitrogens with one attached hydrogen (secondary N) is 2. The minimum absolute atomic E-state index is 0.0252. The molecule has 0 bridgehead atoms. The van der Waals surface area contributed by atoms with Gasteiger partial charge in [-0.1, -0.05) is 30.3 Å². The van der Waals surface area contributed by atoms with E-state index in [1.807, 2.05) is 30.3 Å². The Hall–Kier alpha value is -6.84. The molecule has 0 saturated heterocycles. The number of aromatic nitrogens is 6. The van der Waals surface area contributed by atoms with Crippen LogP contribution in [0.1, 0.15) is 75.0 Å². The third-order valence-corrected chi connectivity index (χ3v) is 7.52. The fourth-order valence-electron chi connectivity index (χ4n) is 5.01. The number of aryl methyl sites for hydroxylation is 2. The number of carbonyl (C=O) groups excluding carboxylic acids is 4. The summed E-state index contributed by atoms with van der Waals surface area (Å²) in [5.74, 6) is -2.48. The summed E-state index contributed by atoms with van der Waals surface area (Å²) in [5.41, 5.74) is 0.380. The Morgan fingerprint density at radius 1 is 0.679 bits per heavy atom. The normalized spacial score (nSPS) is 10.4. The number of methoxy groups -OCH3 is 1. The Morgan fingerprint density at radius 2 is 1.15 bits per heavy atom. The molecule has 5 rings (SSSR count). The van der Waals surface area contributed by atoms with Gasteiger partial charge in [-0.05, 0) is 57.5 Å². The van der Waals surface area contributed by atoms with Gasteiger partial charge in [0, 0.05) is 31.9 Å². The van der Waals surface area contributed by atoms with Crippen LogP contribution in [0.15, 0.2) is 89.0 Å². The van der Waals surface area contributed by atoms with Gasteiger partial charge < -0.3 is 20.1 Å². The van der Waals surface area contributed by atoms with Gasteiger partial charge in [0.2, 0.25) is 0 Å². The van der Waals surface area contributed by atoms with Crippen molar-refractivity contribution >= 4 is 46.3 Å². The van der Waals surface area contributed by atoms with Gasteiger partial charge >= 0.3 is 11.9 Å². The van der Waals surface area contributed by atoms with Crippen LogP contribution < -0.4 is 21.8 Å². The maximum Gasteiger partial charge on any atom is 0.359 e. The first-order valence-corrected chi connectivity index (χ1v) is 16.5. The van der Waals surface area contributed by atoms with Crippen LogP contribution >= 0.6 is 0 Å². The zero-order valence-electron chi connectivity index (χ0n) is 29.8. The number of carbonyl (C=O) groups is 4. The van der Waals surface area contributed by atoms with Crippen molar-refractivity contribution in [2.24, 2.45) is 0 Å². The molecule has 0 radical (unpaired) electrons. The zero-order chi connectivity index (χ0) is 38.5. The van der Waals surface area contributed by atoms with Crippen LogP contribution in [0, 0.1) is 0 Å². The Morgan fingerprint density at radius 3 is 1.55 bits per heavy atom. The summed E-state index contributed by atoms with van der Waals surface area (Å²) < 4.78 is 12.2. The highest BCUT2D eigenvalue weighted by Gasteiger charge is 2.27. The molecule has 0 aliphatic rings. The minimum Gasteiger partial charge on any atom is -0.464 e. The van der Waals surface area contributed by atoms with E-state index in [9.17, 15) is 28.8 Å². The van der Waals surface area contributed by atoms with Crippen molar-refractivity contribution in [2.75, 3.05) is 24.4 Å². The lowest BCUT2D eigenvalue weighted by Crippen LogP contribution is -2.31. The van der Waals surface area contributed by atoms with Crippen molar-refractivity contribution < 1.29 is 28.7 Å². The molecule has 0 amide bonds. The number of ether oxygens (including phenoxy) is 2. The van der Waals surface area contributed by atoms with E-state index in [-0.39, 0.29) is 53.6 Å². The van der Waals surface area contributed by atoms with Gasteiger partial charge in [0.05, 0.1) is 48.6 Å². The summed E-state index contributed by atoms with van der Waals surface area (Å²) in [6.45, 7) is 6.55. The average Bonchev–Trinajstić information content (AvgIpc) is 3.17. The van der Waals surface area contributed by atoms with Gasteiger partial charge in [0.15, 0.2) is 23.0 Å². The molecule has 0 spiro atoms. The first-order chi connectivity index (χ1) is 25.5. The van der Waals surface area contributed by atoms with E-state index < -0.39 is 34.6 Å². The Balaban J connectivity index is 0.000000245. The van der Waals surface area contributed by atoms with Crippen LogP contribution in [0.4, 0.5) is 22.7 Å². The predicted molar refractivity (Wildman–Crippen MR) is 195 cm³/mol. The topological polar surface area (TPSA) is 206 Å². The minimum atomic E-state index is -0.786. The standard InChI is InChI=1S/C22H22N4O4.C15H16N4O4/c1-3-26-21(28)19(24-17-10-7-12-23-14-17)18(15(2)27)20(25-26)22(29)30-13-11-16-8-5-4-6-9-16;1-4-19-14(21)12(17-10-6-5-7-16-8-10)11(9(2)20)13(18-19)15(22)23-3/h4-10,12,14,24H,3,11,13H2,1-2H3;5-8,17H,4H2,1-3H3. The maximum atomic E-state index is 12.8.